The van der Waals surface area contributed by atoms with E-state index in [0.717, 1.165) is 4.90 Å². The molecule has 1 aromatic rings. The van der Waals surface area contributed by atoms with Gasteiger partial charge in [0.15, 0.2) is 5.78 Å². The summed E-state index contributed by atoms with van der Waals surface area (Å²) in [6.07, 6.45) is 0. The van der Waals surface area contributed by atoms with Crippen LogP contribution in [0.15, 0.2) is 23.1 Å². The predicted octanol–water partition coefficient (Wildman–Crippen LogP) is 2.41. The maximum Gasteiger partial charge on any atom is 0.162 e. The predicted molar refractivity (Wildman–Crippen MR) is 64.6 cm³/mol. The number of rotatable bonds is 4. The van der Waals surface area contributed by atoms with Gasteiger partial charge in [-0.2, -0.15) is 0 Å². The Kier molecular flexibility index (Phi) is 3.51. The summed E-state index contributed by atoms with van der Waals surface area (Å²) in [6, 6.07) is 4.62. The van der Waals surface area contributed by atoms with Crippen molar-refractivity contribution in [1.29, 1.82) is 0 Å². The smallest absolute Gasteiger partial charge is 0.162 e. The first-order chi connectivity index (χ1) is 8.00. The maximum absolute atomic E-state index is 13.5. The van der Waals surface area contributed by atoms with Crippen LogP contribution in [0.2, 0.25) is 0 Å². The molecule has 1 N–H and O–H groups in total. The van der Waals surface area contributed by atoms with E-state index in [1.807, 2.05) is 6.92 Å². The molecule has 17 heavy (non-hydrogen) atoms. The summed E-state index contributed by atoms with van der Waals surface area (Å²) in [4.78, 5) is 11.8. The molecule has 2 rings (SSSR count). The second-order valence-electron chi connectivity index (χ2n) is 4.46. The fraction of sp³-hybridized carbons (Fsp3) is 0.417. The van der Waals surface area contributed by atoms with Crippen molar-refractivity contribution in [1.82, 2.24) is 4.72 Å². The van der Waals surface area contributed by atoms with Crippen LogP contribution < -0.4 is 4.72 Å². The van der Waals surface area contributed by atoms with Gasteiger partial charge in [0.25, 0.3) is 0 Å². The number of carbonyl (C=O) groups is 1. The van der Waals surface area contributed by atoms with Crippen molar-refractivity contribution in [2.24, 2.45) is 0 Å². The van der Waals surface area contributed by atoms with Gasteiger partial charge in [0.2, 0.25) is 0 Å². The van der Waals surface area contributed by atoms with Gasteiger partial charge in [0.05, 0.1) is 24.3 Å². The lowest BCUT2D eigenvalue weighted by atomic mass is 10.0. The van der Waals surface area contributed by atoms with E-state index in [1.165, 1.54) is 31.0 Å². The number of nitrogens with one attached hydrogen (secondary N) is 1. The topological polar surface area (TPSA) is 38.3 Å². The molecule has 0 unspecified atom stereocenters. The molecular formula is C12H14FNO2S. The van der Waals surface area contributed by atoms with E-state index in [-0.39, 0.29) is 16.9 Å². The molecule has 1 aliphatic heterocycles. The van der Waals surface area contributed by atoms with Crippen LogP contribution in [-0.2, 0) is 4.74 Å². The van der Waals surface area contributed by atoms with E-state index >= 15 is 0 Å². The SMILES string of the molecule is CC(=O)c1ccc(SNC2(C)COC2)cc1F. The first-order valence-electron chi connectivity index (χ1n) is 5.32. The minimum Gasteiger partial charge on any atom is -0.377 e. The van der Waals surface area contributed by atoms with Crippen LogP contribution in [0.4, 0.5) is 4.39 Å². The Hall–Kier alpha value is -0.910. The third kappa shape index (κ3) is 2.86. The van der Waals surface area contributed by atoms with Gasteiger partial charge in [-0.15, -0.1) is 0 Å². The van der Waals surface area contributed by atoms with Crippen molar-refractivity contribution in [2.75, 3.05) is 13.2 Å². The largest absolute Gasteiger partial charge is 0.377 e. The van der Waals surface area contributed by atoms with Crippen molar-refractivity contribution in [2.45, 2.75) is 24.3 Å². The van der Waals surface area contributed by atoms with Crippen LogP contribution in [-0.4, -0.2) is 24.5 Å². The molecule has 0 spiro atoms. The molecule has 0 atom stereocenters. The molecule has 1 fully saturated rings. The zero-order chi connectivity index (χ0) is 12.5. The minimum absolute atomic E-state index is 0.0413. The van der Waals surface area contributed by atoms with Gasteiger partial charge in [-0.05, 0) is 44.0 Å². The summed E-state index contributed by atoms with van der Waals surface area (Å²) in [5.74, 6) is -0.731. The molecule has 1 aliphatic rings. The molecule has 0 aromatic heterocycles. The van der Waals surface area contributed by atoms with Crippen molar-refractivity contribution >= 4 is 17.7 Å². The number of benzene rings is 1. The fourth-order valence-electron chi connectivity index (χ4n) is 1.49. The van der Waals surface area contributed by atoms with Gasteiger partial charge < -0.3 is 4.74 Å². The lowest BCUT2D eigenvalue weighted by Gasteiger charge is -2.38. The molecule has 0 saturated carbocycles. The summed E-state index contributed by atoms with van der Waals surface area (Å²) in [7, 11) is 0. The molecule has 1 heterocycles. The highest BCUT2D eigenvalue weighted by Gasteiger charge is 2.33. The molecule has 5 heteroatoms. The quantitative estimate of drug-likeness (QED) is 0.662. The van der Waals surface area contributed by atoms with Crippen LogP contribution in [0.25, 0.3) is 0 Å². The highest BCUT2D eigenvalue weighted by atomic mass is 32.2. The van der Waals surface area contributed by atoms with Crippen molar-refractivity contribution in [3.05, 3.63) is 29.6 Å². The van der Waals surface area contributed by atoms with Crippen LogP contribution in [0.3, 0.4) is 0 Å². The van der Waals surface area contributed by atoms with Gasteiger partial charge in [-0.3, -0.25) is 4.79 Å². The molecule has 0 amide bonds. The average molecular weight is 255 g/mol. The van der Waals surface area contributed by atoms with Gasteiger partial charge >= 0.3 is 0 Å². The molecule has 0 radical (unpaired) electrons. The third-order valence-electron chi connectivity index (χ3n) is 2.58. The maximum atomic E-state index is 13.5. The number of halogens is 1. The number of ether oxygens (including phenoxy) is 1. The van der Waals surface area contributed by atoms with Gasteiger partial charge in [0, 0.05) is 4.90 Å². The highest BCUT2D eigenvalue weighted by molar-refractivity contribution is 7.97. The summed E-state index contributed by atoms with van der Waals surface area (Å²) < 4.78 is 21.9. The van der Waals surface area contributed by atoms with Crippen LogP contribution in [0, 0.1) is 5.82 Å². The van der Waals surface area contributed by atoms with E-state index in [1.54, 1.807) is 6.07 Å². The molecule has 1 saturated heterocycles. The van der Waals surface area contributed by atoms with E-state index in [2.05, 4.69) is 4.72 Å². The van der Waals surface area contributed by atoms with Crippen molar-refractivity contribution in [3.63, 3.8) is 0 Å². The fourth-order valence-corrected chi connectivity index (χ4v) is 2.27. The summed E-state index contributed by atoms with van der Waals surface area (Å²) in [5, 5.41) is 0. The lowest BCUT2D eigenvalue weighted by Crippen LogP contribution is -2.55. The normalized spacial score (nSPS) is 17.6. The summed E-state index contributed by atoms with van der Waals surface area (Å²) in [5.41, 5.74) is 0.0907. The molecular weight excluding hydrogens is 241 g/mol. The summed E-state index contributed by atoms with van der Waals surface area (Å²) >= 11 is 1.36. The van der Waals surface area contributed by atoms with E-state index in [0.29, 0.717) is 13.2 Å². The van der Waals surface area contributed by atoms with Gasteiger partial charge in [-0.25, -0.2) is 9.11 Å². The number of hydrogen-bond donors (Lipinski definition) is 1. The lowest BCUT2D eigenvalue weighted by molar-refractivity contribution is -0.0510. The zero-order valence-corrected chi connectivity index (χ0v) is 10.6. The Labute approximate surface area is 104 Å². The zero-order valence-electron chi connectivity index (χ0n) is 9.75. The van der Waals surface area contributed by atoms with E-state index in [4.69, 9.17) is 4.74 Å². The van der Waals surface area contributed by atoms with E-state index in [9.17, 15) is 9.18 Å². The van der Waals surface area contributed by atoms with Crippen molar-refractivity contribution in [3.8, 4) is 0 Å². The Morgan fingerprint density at radius 3 is 2.71 bits per heavy atom. The second kappa shape index (κ2) is 4.76. The first kappa shape index (κ1) is 12.5. The Balaban J connectivity index is 2.02. The van der Waals surface area contributed by atoms with Crippen LogP contribution in [0.5, 0.6) is 0 Å². The highest BCUT2D eigenvalue weighted by Crippen LogP contribution is 2.24. The van der Waals surface area contributed by atoms with E-state index < -0.39 is 5.82 Å². The molecule has 0 bridgehead atoms. The van der Waals surface area contributed by atoms with Gasteiger partial charge in [0.1, 0.15) is 5.82 Å². The minimum atomic E-state index is -0.473. The Bertz CT molecular complexity index is 446. The van der Waals surface area contributed by atoms with Crippen molar-refractivity contribution < 1.29 is 13.9 Å². The Morgan fingerprint density at radius 2 is 2.24 bits per heavy atom. The second-order valence-corrected chi connectivity index (χ2v) is 5.34. The molecule has 3 nitrogen and oxygen atoms in total. The molecule has 0 aliphatic carbocycles. The number of carbonyl (C=O) groups excluding carboxylic acids is 1. The number of hydrogen-bond acceptors (Lipinski definition) is 4. The standard InChI is InChI=1S/C12H14FNO2S/c1-8(15)10-4-3-9(5-11(10)13)17-14-12(2)6-16-7-12/h3-5,14H,6-7H2,1-2H3. The average Bonchev–Trinajstić information content (AvgIpc) is 2.23. The third-order valence-corrected chi connectivity index (χ3v) is 3.66. The van der Waals surface area contributed by atoms with Crippen LogP contribution in [0.1, 0.15) is 24.2 Å². The van der Waals surface area contributed by atoms with Gasteiger partial charge in [-0.1, -0.05) is 0 Å². The van der Waals surface area contributed by atoms with Crippen LogP contribution >= 0.6 is 11.9 Å². The first-order valence-corrected chi connectivity index (χ1v) is 6.14. The summed E-state index contributed by atoms with van der Waals surface area (Å²) in [6.45, 7) is 4.72. The number of Topliss-reactive ketones (excluding diaryl/α,β-unsaturated/α-hetero) is 1. The molecule has 92 valence electrons. The molecule has 1 aromatic carbocycles. The number of ketones is 1. The Morgan fingerprint density at radius 1 is 1.53 bits per heavy atom. The monoisotopic (exact) mass is 255 g/mol.